The molecule has 1 aliphatic rings. The van der Waals surface area contributed by atoms with Crippen LogP contribution in [0.1, 0.15) is 27.2 Å². The van der Waals surface area contributed by atoms with Crippen LogP contribution in [-0.4, -0.2) is 65.7 Å². The number of hydrogen-bond donors (Lipinski definition) is 2. The molecule has 2 N–H and O–H groups in total. The van der Waals surface area contributed by atoms with Crippen LogP contribution in [0.25, 0.3) is 0 Å². The molecule has 0 aliphatic carbocycles. The number of carboxylic acids is 1. The Balaban J connectivity index is 2.64. The van der Waals surface area contributed by atoms with E-state index in [2.05, 4.69) is 10.2 Å². The molecule has 2 amide bonds. The van der Waals surface area contributed by atoms with Crippen molar-refractivity contribution in [3.05, 3.63) is 0 Å². The van der Waals surface area contributed by atoms with E-state index in [0.717, 1.165) is 19.5 Å². The molecule has 1 fully saturated rings. The number of carboxylic acid groups (broad SMARTS) is 1. The van der Waals surface area contributed by atoms with E-state index in [1.54, 1.807) is 4.90 Å². The maximum Gasteiger partial charge on any atom is 0.326 e. The average molecular weight is 271 g/mol. The van der Waals surface area contributed by atoms with Gasteiger partial charge in [-0.3, -0.25) is 0 Å². The minimum Gasteiger partial charge on any atom is -0.480 e. The first-order chi connectivity index (χ1) is 8.86. The largest absolute Gasteiger partial charge is 0.480 e. The first kappa shape index (κ1) is 15.8. The van der Waals surface area contributed by atoms with Crippen molar-refractivity contribution in [2.24, 2.45) is 5.92 Å². The van der Waals surface area contributed by atoms with E-state index < -0.39 is 12.0 Å². The van der Waals surface area contributed by atoms with Gasteiger partial charge in [-0.1, -0.05) is 20.3 Å². The van der Waals surface area contributed by atoms with Gasteiger partial charge in [0.2, 0.25) is 0 Å². The van der Waals surface area contributed by atoms with Crippen LogP contribution in [0.4, 0.5) is 4.79 Å². The smallest absolute Gasteiger partial charge is 0.326 e. The Labute approximate surface area is 114 Å². The number of carbonyl (C=O) groups excluding carboxylic acids is 1. The molecule has 1 aliphatic heterocycles. The van der Waals surface area contributed by atoms with E-state index in [9.17, 15) is 14.7 Å². The fraction of sp³-hybridized carbons (Fsp3) is 0.846. The highest BCUT2D eigenvalue weighted by molar-refractivity contribution is 5.83. The number of likely N-dealkylation sites (N-methyl/N-ethyl adjacent to an activating group) is 1. The fourth-order valence-electron chi connectivity index (χ4n) is 2.34. The topological polar surface area (TPSA) is 72.9 Å². The normalized spacial score (nSPS) is 23.8. The van der Waals surface area contributed by atoms with Gasteiger partial charge in [-0.2, -0.15) is 0 Å². The van der Waals surface area contributed by atoms with Crippen molar-refractivity contribution >= 4 is 12.0 Å². The van der Waals surface area contributed by atoms with Crippen LogP contribution in [0.15, 0.2) is 0 Å². The van der Waals surface area contributed by atoms with E-state index in [-0.39, 0.29) is 18.0 Å². The summed E-state index contributed by atoms with van der Waals surface area (Å²) < 4.78 is 0. The molecule has 0 aromatic rings. The quantitative estimate of drug-likeness (QED) is 0.794. The zero-order valence-corrected chi connectivity index (χ0v) is 12.2. The minimum atomic E-state index is -0.968. The molecule has 0 spiro atoms. The lowest BCUT2D eigenvalue weighted by Gasteiger charge is -2.38. The van der Waals surface area contributed by atoms with Crippen molar-refractivity contribution < 1.29 is 14.7 Å². The number of aliphatic carboxylic acids is 1. The second kappa shape index (κ2) is 6.75. The Morgan fingerprint density at radius 1 is 1.42 bits per heavy atom. The molecule has 1 saturated heterocycles. The van der Waals surface area contributed by atoms with Gasteiger partial charge in [0.15, 0.2) is 0 Å². The van der Waals surface area contributed by atoms with Gasteiger partial charge in [0.25, 0.3) is 0 Å². The molecule has 1 heterocycles. The molecule has 0 radical (unpaired) electrons. The highest BCUT2D eigenvalue weighted by atomic mass is 16.4. The van der Waals surface area contributed by atoms with Crippen molar-refractivity contribution in [2.45, 2.75) is 39.3 Å². The first-order valence-corrected chi connectivity index (χ1v) is 6.85. The molecular formula is C13H25N3O3. The van der Waals surface area contributed by atoms with Gasteiger partial charge in [-0.15, -0.1) is 0 Å². The van der Waals surface area contributed by atoms with Crippen molar-refractivity contribution in [1.29, 1.82) is 0 Å². The van der Waals surface area contributed by atoms with Crippen LogP contribution in [-0.2, 0) is 4.79 Å². The van der Waals surface area contributed by atoms with Gasteiger partial charge >= 0.3 is 12.0 Å². The highest BCUT2D eigenvalue weighted by Gasteiger charge is 2.31. The molecule has 3 atom stereocenters. The van der Waals surface area contributed by atoms with E-state index >= 15 is 0 Å². The third-order valence-corrected chi connectivity index (χ3v) is 3.85. The number of carbonyl (C=O) groups is 2. The molecular weight excluding hydrogens is 246 g/mol. The zero-order chi connectivity index (χ0) is 14.6. The second-order valence-corrected chi connectivity index (χ2v) is 5.46. The third-order valence-electron chi connectivity index (χ3n) is 3.85. The Kier molecular flexibility index (Phi) is 5.60. The second-order valence-electron chi connectivity index (χ2n) is 5.46. The number of hydrogen-bond acceptors (Lipinski definition) is 3. The van der Waals surface area contributed by atoms with Crippen molar-refractivity contribution in [3.63, 3.8) is 0 Å². The van der Waals surface area contributed by atoms with Gasteiger partial charge in [0.1, 0.15) is 6.04 Å². The SMILES string of the molecule is CCC(C)C(NC(=O)N1CCN(C)CC1C)C(=O)O. The molecule has 0 bridgehead atoms. The molecule has 19 heavy (non-hydrogen) atoms. The van der Waals surface area contributed by atoms with Gasteiger partial charge in [0, 0.05) is 25.7 Å². The molecule has 1 rings (SSSR count). The molecule has 110 valence electrons. The number of rotatable bonds is 4. The number of amides is 2. The average Bonchev–Trinajstić information content (AvgIpc) is 2.34. The van der Waals surface area contributed by atoms with Crippen molar-refractivity contribution in [3.8, 4) is 0 Å². The number of nitrogens with zero attached hydrogens (tertiary/aromatic N) is 2. The minimum absolute atomic E-state index is 0.0794. The summed E-state index contributed by atoms with van der Waals surface area (Å²) >= 11 is 0. The highest BCUT2D eigenvalue weighted by Crippen LogP contribution is 2.11. The molecule has 6 nitrogen and oxygen atoms in total. The Morgan fingerprint density at radius 3 is 2.53 bits per heavy atom. The summed E-state index contributed by atoms with van der Waals surface area (Å²) in [6, 6.07) is -0.984. The lowest BCUT2D eigenvalue weighted by molar-refractivity contribution is -0.140. The first-order valence-electron chi connectivity index (χ1n) is 6.85. The summed E-state index contributed by atoms with van der Waals surface area (Å²) in [5.74, 6) is -1.05. The third kappa shape index (κ3) is 4.09. The molecule has 6 heteroatoms. The van der Waals surface area contributed by atoms with Crippen LogP contribution in [0, 0.1) is 5.92 Å². The monoisotopic (exact) mass is 271 g/mol. The molecule has 0 saturated carbocycles. The summed E-state index contributed by atoms with van der Waals surface area (Å²) in [4.78, 5) is 27.3. The predicted molar refractivity (Wildman–Crippen MR) is 73.1 cm³/mol. The molecule has 3 unspecified atom stereocenters. The van der Waals surface area contributed by atoms with Gasteiger partial charge in [-0.05, 0) is 19.9 Å². The van der Waals surface area contributed by atoms with E-state index in [4.69, 9.17) is 0 Å². The van der Waals surface area contributed by atoms with Gasteiger partial charge in [-0.25, -0.2) is 9.59 Å². The summed E-state index contributed by atoms with van der Waals surface area (Å²) in [5.41, 5.74) is 0. The Bertz CT molecular complexity index is 335. The summed E-state index contributed by atoms with van der Waals surface area (Å²) in [7, 11) is 2.02. The maximum atomic E-state index is 12.2. The standard InChI is InChI=1S/C13H25N3O3/c1-5-9(2)11(12(17)18)14-13(19)16-7-6-15(4)8-10(16)3/h9-11H,5-8H2,1-4H3,(H,14,19)(H,17,18). The van der Waals surface area contributed by atoms with Gasteiger partial charge in [0.05, 0.1) is 0 Å². The lowest BCUT2D eigenvalue weighted by Crippen LogP contribution is -2.58. The van der Waals surface area contributed by atoms with Gasteiger partial charge < -0.3 is 20.2 Å². The number of piperazine rings is 1. The number of nitrogens with one attached hydrogen (secondary N) is 1. The van der Waals surface area contributed by atoms with E-state index in [1.807, 2.05) is 27.8 Å². The fourth-order valence-corrected chi connectivity index (χ4v) is 2.34. The van der Waals surface area contributed by atoms with Crippen LogP contribution in [0.5, 0.6) is 0 Å². The van der Waals surface area contributed by atoms with Crippen LogP contribution >= 0.6 is 0 Å². The van der Waals surface area contributed by atoms with Crippen LogP contribution < -0.4 is 5.32 Å². The number of urea groups is 1. The van der Waals surface area contributed by atoms with Crippen molar-refractivity contribution in [2.75, 3.05) is 26.7 Å². The van der Waals surface area contributed by atoms with Crippen LogP contribution in [0.3, 0.4) is 0 Å². The predicted octanol–water partition coefficient (Wildman–Crippen LogP) is 0.831. The van der Waals surface area contributed by atoms with E-state index in [0.29, 0.717) is 6.54 Å². The Morgan fingerprint density at radius 2 is 2.05 bits per heavy atom. The molecule has 0 aromatic heterocycles. The van der Waals surface area contributed by atoms with Crippen LogP contribution in [0.2, 0.25) is 0 Å². The zero-order valence-electron chi connectivity index (χ0n) is 12.2. The summed E-state index contributed by atoms with van der Waals surface area (Å²) in [5, 5.41) is 11.8. The molecule has 0 aromatic carbocycles. The van der Waals surface area contributed by atoms with E-state index in [1.165, 1.54) is 0 Å². The lowest BCUT2D eigenvalue weighted by atomic mass is 9.99. The summed E-state index contributed by atoms with van der Waals surface area (Å²) in [6.07, 6.45) is 0.718. The summed E-state index contributed by atoms with van der Waals surface area (Å²) in [6.45, 7) is 8.01. The Hall–Kier alpha value is -1.30. The maximum absolute atomic E-state index is 12.2. The van der Waals surface area contributed by atoms with Crippen molar-refractivity contribution in [1.82, 2.24) is 15.1 Å².